The number of nitrogens with zero attached hydrogens (tertiary/aromatic N) is 6. The maximum absolute atomic E-state index is 9.59. The van der Waals surface area contributed by atoms with Crippen LogP contribution in [0.1, 0.15) is 55.8 Å². The van der Waals surface area contributed by atoms with Gasteiger partial charge in [0.15, 0.2) is 0 Å². The van der Waals surface area contributed by atoms with Crippen LogP contribution < -0.4 is 10.7 Å². The molecule has 0 unspecified atom stereocenters. The summed E-state index contributed by atoms with van der Waals surface area (Å²) in [7, 11) is 0. The highest BCUT2D eigenvalue weighted by Gasteiger charge is 2.24. The van der Waals surface area contributed by atoms with Gasteiger partial charge >= 0.3 is 0 Å². The molecule has 8 nitrogen and oxygen atoms in total. The lowest BCUT2D eigenvalue weighted by atomic mass is 9.96. The Morgan fingerprint density at radius 2 is 0.786 bits per heavy atom. The fourth-order valence-electron chi connectivity index (χ4n) is 7.28. The van der Waals surface area contributed by atoms with E-state index in [1.54, 1.807) is 36.4 Å². The smallest absolute Gasteiger partial charge is 0.0991 e. The first kappa shape index (κ1) is 33.3. The number of benzene rings is 4. The Kier molecular flexibility index (Phi) is 8.19. The van der Waals surface area contributed by atoms with E-state index in [-0.39, 0.29) is 0 Å². The molecule has 5 heterocycles. The van der Waals surface area contributed by atoms with Crippen LogP contribution in [-0.4, -0.2) is 21.4 Å². The van der Waals surface area contributed by atoms with Crippen LogP contribution in [0.25, 0.3) is 22.3 Å². The first-order chi connectivity index (χ1) is 27.5. The Bertz CT molecular complexity index is 3110. The third-order valence-corrected chi connectivity index (χ3v) is 9.98. The molecule has 8 bridgehead atoms. The van der Waals surface area contributed by atoms with Crippen molar-refractivity contribution in [2.45, 2.75) is 0 Å². The molecule has 0 saturated carbocycles. The zero-order chi connectivity index (χ0) is 38.2. The van der Waals surface area contributed by atoms with E-state index in [0.717, 1.165) is 77.9 Å². The third-order valence-electron chi connectivity index (χ3n) is 9.98. The zero-order valence-electron chi connectivity index (χ0n) is 29.5. The highest BCUT2D eigenvalue weighted by Crippen LogP contribution is 2.36. The molecule has 6 aromatic rings. The van der Waals surface area contributed by atoms with Gasteiger partial charge in [-0.2, -0.15) is 21.0 Å². The maximum atomic E-state index is 9.59. The summed E-state index contributed by atoms with van der Waals surface area (Å²) in [6.45, 7) is 0. The molecule has 2 N–H and O–H groups in total. The number of fused-ring (bicyclic) bond motifs is 6. The highest BCUT2D eigenvalue weighted by atomic mass is 14.8. The SMILES string of the molecule is N#Cc1ccc(C2=C3C=CC(=N3)C(c3ccc(C#N)cc3)=c3ccc([nH]3)=C(c3ccc(C#N)cc3)c3c[nH]c(c3)C(c3ccc(C#N)cc3)=C3C=CC2=N3)cc1. The fraction of sp³-hybridized carbons (Fsp3) is 0. The van der Waals surface area contributed by atoms with Crippen molar-refractivity contribution in [1.29, 1.82) is 21.0 Å². The van der Waals surface area contributed by atoms with E-state index in [4.69, 9.17) is 9.98 Å². The van der Waals surface area contributed by atoms with Crippen LogP contribution in [0.15, 0.2) is 167 Å². The normalized spacial score (nSPS) is 14.2. The number of hydrogen-bond acceptors (Lipinski definition) is 6. The van der Waals surface area contributed by atoms with Crippen LogP contribution in [0.4, 0.5) is 0 Å². The van der Waals surface area contributed by atoms with Crippen molar-refractivity contribution in [2.75, 3.05) is 0 Å². The largest absolute Gasteiger partial charge is 0.360 e. The van der Waals surface area contributed by atoms with Gasteiger partial charge in [0, 0.05) is 50.4 Å². The zero-order valence-corrected chi connectivity index (χ0v) is 29.5. The van der Waals surface area contributed by atoms with Crippen LogP contribution >= 0.6 is 0 Å². The van der Waals surface area contributed by atoms with E-state index >= 15 is 0 Å². The first-order valence-corrected chi connectivity index (χ1v) is 17.7. The molecule has 0 aliphatic carbocycles. The summed E-state index contributed by atoms with van der Waals surface area (Å²) in [5.74, 6) is 0. The molecular weight excluding hydrogens is 689 g/mol. The second-order valence-electron chi connectivity index (χ2n) is 13.3. The number of nitriles is 4. The molecule has 3 aliphatic rings. The lowest BCUT2D eigenvalue weighted by molar-refractivity contribution is 1.24. The molecule has 0 radical (unpaired) electrons. The second-order valence-corrected chi connectivity index (χ2v) is 13.3. The average Bonchev–Trinajstić information content (AvgIpc) is 4.10. The minimum atomic E-state index is 0.546. The molecule has 0 spiro atoms. The summed E-state index contributed by atoms with van der Waals surface area (Å²) in [5, 5.41) is 40.0. The van der Waals surface area contributed by atoms with E-state index in [2.05, 4.69) is 40.3 Å². The Balaban J connectivity index is 1.39. The molecule has 4 aromatic carbocycles. The van der Waals surface area contributed by atoms with Gasteiger partial charge in [0.2, 0.25) is 0 Å². The van der Waals surface area contributed by atoms with Crippen LogP contribution in [0.2, 0.25) is 0 Å². The summed E-state index contributed by atoms with van der Waals surface area (Å²) in [5.41, 5.74) is 13.7. The number of aromatic nitrogens is 2. The van der Waals surface area contributed by atoms with Crippen molar-refractivity contribution in [3.05, 3.63) is 224 Å². The molecule has 0 fully saturated rings. The predicted octanol–water partition coefficient (Wildman–Crippen LogP) is 7.48. The van der Waals surface area contributed by atoms with Gasteiger partial charge < -0.3 is 9.97 Å². The van der Waals surface area contributed by atoms with E-state index in [1.165, 1.54) is 0 Å². The number of H-pyrrole nitrogens is 2. The fourth-order valence-corrected chi connectivity index (χ4v) is 7.28. The van der Waals surface area contributed by atoms with Gasteiger partial charge in [0.25, 0.3) is 0 Å². The molecule has 3 aliphatic heterocycles. The van der Waals surface area contributed by atoms with Crippen molar-refractivity contribution >= 4 is 33.7 Å². The van der Waals surface area contributed by atoms with Gasteiger partial charge in [-0.25, -0.2) is 9.98 Å². The third kappa shape index (κ3) is 5.89. The summed E-state index contributed by atoms with van der Waals surface area (Å²) >= 11 is 0. The van der Waals surface area contributed by atoms with E-state index in [0.29, 0.717) is 33.7 Å². The standard InChI is InChI=1S/C48H26N8/c49-24-29-1-9-33(10-2-29)45-37-23-44(53-28-37)48(36-15-7-32(27-52)8-16-36)43-22-21-42(56-43)47(35-13-5-31(26-51)6-14-35)41-20-19-40(55-41)46(39-18-17-38(45)54-39)34-11-3-30(25-50)4-12-34/h1-23,28,53-54H. The summed E-state index contributed by atoms with van der Waals surface area (Å²) < 4.78 is 0. The number of hydrogen-bond donors (Lipinski definition) is 2. The number of rotatable bonds is 4. The van der Waals surface area contributed by atoms with Gasteiger partial charge in [-0.05, 0) is 113 Å². The molecular formula is C48H26N8. The Hall–Kier alpha value is -8.56. The molecule has 2 aromatic heterocycles. The van der Waals surface area contributed by atoms with Gasteiger partial charge in [-0.1, -0.05) is 48.5 Å². The van der Waals surface area contributed by atoms with E-state index in [9.17, 15) is 21.0 Å². The van der Waals surface area contributed by atoms with Crippen LogP contribution in [0.3, 0.4) is 0 Å². The van der Waals surface area contributed by atoms with Gasteiger partial charge in [-0.3, -0.25) is 0 Å². The highest BCUT2D eigenvalue weighted by molar-refractivity contribution is 6.35. The van der Waals surface area contributed by atoms with E-state index < -0.39 is 0 Å². The number of allylic oxidation sites excluding steroid dienone is 5. The summed E-state index contributed by atoms with van der Waals surface area (Å²) in [4.78, 5) is 17.8. The molecule has 8 heteroatoms. The van der Waals surface area contributed by atoms with Gasteiger partial charge in [-0.15, -0.1) is 0 Å². The molecule has 9 rings (SSSR count). The Labute approximate surface area is 321 Å². The monoisotopic (exact) mass is 714 g/mol. The molecule has 258 valence electrons. The van der Waals surface area contributed by atoms with Crippen molar-refractivity contribution in [3.63, 3.8) is 0 Å². The van der Waals surface area contributed by atoms with E-state index in [1.807, 2.05) is 103 Å². The molecule has 0 saturated heterocycles. The lowest BCUT2D eigenvalue weighted by Crippen LogP contribution is -2.19. The van der Waals surface area contributed by atoms with Gasteiger partial charge in [0.05, 0.1) is 69.3 Å². The van der Waals surface area contributed by atoms with Crippen LogP contribution in [0.5, 0.6) is 0 Å². The van der Waals surface area contributed by atoms with Crippen LogP contribution in [0, 0.1) is 45.3 Å². The Morgan fingerprint density at radius 3 is 1.27 bits per heavy atom. The summed E-state index contributed by atoms with van der Waals surface area (Å²) in [6, 6.07) is 44.9. The van der Waals surface area contributed by atoms with Crippen molar-refractivity contribution in [3.8, 4) is 24.3 Å². The molecule has 56 heavy (non-hydrogen) atoms. The Morgan fingerprint density at radius 1 is 0.393 bits per heavy atom. The maximum Gasteiger partial charge on any atom is 0.0991 e. The number of aromatic amines is 2. The minimum absolute atomic E-state index is 0.546. The van der Waals surface area contributed by atoms with Crippen molar-refractivity contribution in [1.82, 2.24) is 9.97 Å². The van der Waals surface area contributed by atoms with Crippen molar-refractivity contribution in [2.24, 2.45) is 9.98 Å². The topological polar surface area (TPSA) is 151 Å². The molecule has 0 amide bonds. The second kappa shape index (κ2) is 13.8. The van der Waals surface area contributed by atoms with Crippen LogP contribution in [-0.2, 0) is 0 Å². The molecule has 0 atom stereocenters. The lowest BCUT2D eigenvalue weighted by Gasteiger charge is -2.11. The predicted molar refractivity (Wildman–Crippen MR) is 216 cm³/mol. The average molecular weight is 715 g/mol. The summed E-state index contributed by atoms with van der Waals surface area (Å²) in [6.07, 6.45) is 9.93. The number of nitrogens with one attached hydrogen (secondary N) is 2. The van der Waals surface area contributed by atoms with Crippen molar-refractivity contribution < 1.29 is 0 Å². The number of aliphatic imine (C=N–C) groups is 2. The quantitative estimate of drug-likeness (QED) is 0.195. The minimum Gasteiger partial charge on any atom is -0.360 e. The first-order valence-electron chi connectivity index (χ1n) is 17.7. The van der Waals surface area contributed by atoms with Gasteiger partial charge in [0.1, 0.15) is 0 Å².